The van der Waals surface area contributed by atoms with E-state index in [4.69, 9.17) is 10.4 Å². The summed E-state index contributed by atoms with van der Waals surface area (Å²) in [6.07, 6.45) is 15.1. The van der Waals surface area contributed by atoms with Crippen molar-refractivity contribution in [2.24, 2.45) is 0 Å². The van der Waals surface area contributed by atoms with Gasteiger partial charge >= 0.3 is 0 Å². The van der Waals surface area contributed by atoms with Gasteiger partial charge in [-0.25, -0.2) is 4.98 Å². The molecule has 44 heavy (non-hydrogen) atoms. The van der Waals surface area contributed by atoms with Gasteiger partial charge in [0.2, 0.25) is 0 Å². The first-order valence-corrected chi connectivity index (χ1v) is 14.4. The van der Waals surface area contributed by atoms with Crippen LogP contribution >= 0.6 is 0 Å². The fourth-order valence-corrected chi connectivity index (χ4v) is 6.02. The van der Waals surface area contributed by atoms with E-state index in [1.807, 2.05) is 73.5 Å². The third-order valence-electron chi connectivity index (χ3n) is 8.02. The number of fused-ring (bicyclic) bond motifs is 6. The quantitative estimate of drug-likeness (QED) is 0.161. The first-order chi connectivity index (χ1) is 21.8. The fourth-order valence-electron chi connectivity index (χ4n) is 6.02. The molecule has 0 atom stereocenters. The summed E-state index contributed by atoms with van der Waals surface area (Å²) in [5, 5.41) is 13.4. The molecular formula is C38H26N6. The van der Waals surface area contributed by atoms with Gasteiger partial charge in [0.1, 0.15) is 0 Å². The second-order valence-corrected chi connectivity index (χ2v) is 10.6. The van der Waals surface area contributed by atoms with Crippen LogP contribution in [0, 0.1) is 5.41 Å². The zero-order chi connectivity index (χ0) is 29.5. The van der Waals surface area contributed by atoms with Crippen LogP contribution in [0.3, 0.4) is 0 Å². The van der Waals surface area contributed by atoms with Gasteiger partial charge in [0.25, 0.3) is 0 Å². The molecule has 0 amide bonds. The van der Waals surface area contributed by atoms with E-state index in [1.165, 1.54) is 10.8 Å². The Hall–Kier alpha value is -6.14. The van der Waals surface area contributed by atoms with Crippen molar-refractivity contribution in [2.75, 3.05) is 0 Å². The van der Waals surface area contributed by atoms with E-state index in [0.717, 1.165) is 49.8 Å². The maximum Gasteiger partial charge on any atom is 0.0886 e. The summed E-state index contributed by atoms with van der Waals surface area (Å²) >= 11 is 0. The number of nitrogens with zero attached hydrogens (tertiary/aromatic N) is 5. The van der Waals surface area contributed by atoms with Crippen LogP contribution in [-0.4, -0.2) is 29.8 Å². The molecule has 0 spiro atoms. The van der Waals surface area contributed by atoms with Crippen LogP contribution in [0.4, 0.5) is 0 Å². The van der Waals surface area contributed by atoms with Gasteiger partial charge in [0, 0.05) is 57.6 Å². The predicted octanol–water partition coefficient (Wildman–Crippen LogP) is 8.84. The van der Waals surface area contributed by atoms with Gasteiger partial charge in [-0.1, -0.05) is 60.7 Å². The molecule has 0 unspecified atom stereocenters. The molecule has 0 radical (unpaired) electrons. The Labute approximate surface area is 253 Å². The monoisotopic (exact) mass is 566 g/mol. The number of para-hydroxylation sites is 2. The van der Waals surface area contributed by atoms with Crippen molar-refractivity contribution in [3.63, 3.8) is 0 Å². The minimum atomic E-state index is 0.339. The normalized spacial score (nSPS) is 12.0. The van der Waals surface area contributed by atoms with E-state index in [-0.39, 0.29) is 0 Å². The van der Waals surface area contributed by atoms with Gasteiger partial charge in [0.15, 0.2) is 0 Å². The van der Waals surface area contributed by atoms with E-state index in [0.29, 0.717) is 11.4 Å². The van der Waals surface area contributed by atoms with Crippen molar-refractivity contribution >= 4 is 55.5 Å². The number of pyridine rings is 3. The van der Waals surface area contributed by atoms with Crippen LogP contribution < -0.4 is 0 Å². The smallest absolute Gasteiger partial charge is 0.0886 e. The Kier molecular flexibility index (Phi) is 6.16. The van der Waals surface area contributed by atoms with Crippen molar-refractivity contribution in [3.8, 4) is 16.9 Å². The molecule has 5 aromatic heterocycles. The van der Waals surface area contributed by atoms with Gasteiger partial charge in [-0.15, -0.1) is 0 Å². The lowest BCUT2D eigenvalue weighted by Crippen LogP contribution is -2.00. The van der Waals surface area contributed by atoms with E-state index < -0.39 is 0 Å². The Morgan fingerprint density at radius 2 is 1.34 bits per heavy atom. The number of nitrogens with one attached hydrogen (secondary N) is 1. The van der Waals surface area contributed by atoms with Crippen LogP contribution in [0.5, 0.6) is 0 Å². The summed E-state index contributed by atoms with van der Waals surface area (Å²) in [7, 11) is 0. The van der Waals surface area contributed by atoms with E-state index in [9.17, 15) is 0 Å². The number of rotatable bonds is 6. The molecule has 0 saturated carbocycles. The zero-order valence-corrected chi connectivity index (χ0v) is 23.7. The molecule has 0 aliphatic heterocycles. The average Bonchev–Trinajstić information content (AvgIpc) is 3.60. The van der Waals surface area contributed by atoms with Crippen LogP contribution in [0.15, 0.2) is 146 Å². The highest BCUT2D eigenvalue weighted by molar-refractivity contribution is 6.10. The maximum absolute atomic E-state index is 8.73. The number of aromatic nitrogens is 5. The van der Waals surface area contributed by atoms with Crippen LogP contribution in [0.25, 0.3) is 66.8 Å². The molecule has 0 fully saturated rings. The minimum Gasteiger partial charge on any atom is -0.314 e. The molecule has 3 aromatic carbocycles. The zero-order valence-electron chi connectivity index (χ0n) is 23.7. The molecule has 8 aromatic rings. The largest absolute Gasteiger partial charge is 0.314 e. The molecule has 8 rings (SSSR count). The summed E-state index contributed by atoms with van der Waals surface area (Å²) in [4.78, 5) is 13.6. The van der Waals surface area contributed by atoms with Gasteiger partial charge < -0.3 is 9.13 Å². The van der Waals surface area contributed by atoms with Crippen molar-refractivity contribution in [3.05, 3.63) is 152 Å². The predicted molar refractivity (Wildman–Crippen MR) is 180 cm³/mol. The van der Waals surface area contributed by atoms with E-state index in [2.05, 4.69) is 91.9 Å². The second-order valence-electron chi connectivity index (χ2n) is 10.6. The summed E-state index contributed by atoms with van der Waals surface area (Å²) < 4.78 is 4.40. The highest BCUT2D eigenvalue weighted by atomic mass is 15.0. The van der Waals surface area contributed by atoms with Crippen LogP contribution in [0.2, 0.25) is 0 Å². The highest BCUT2D eigenvalue weighted by Gasteiger charge is 2.13. The van der Waals surface area contributed by atoms with Crippen molar-refractivity contribution in [1.82, 2.24) is 24.1 Å². The third-order valence-corrected chi connectivity index (χ3v) is 8.02. The lowest BCUT2D eigenvalue weighted by molar-refractivity contribution is 1.17. The molecule has 1 N–H and O–H groups in total. The molecule has 5 heterocycles. The Morgan fingerprint density at radius 3 is 2.25 bits per heavy atom. The van der Waals surface area contributed by atoms with Crippen LogP contribution in [0.1, 0.15) is 5.69 Å². The lowest BCUT2D eigenvalue weighted by Gasteiger charge is -2.10. The molecule has 0 saturated heterocycles. The first-order valence-electron chi connectivity index (χ1n) is 14.4. The molecule has 0 bridgehead atoms. The SMILES string of the molecule is N=C(/C=C\C=C\n1c2ccccc2c2ccncc21)c1cccc(-c2cccc(-n3c4ccccc4c4cnccc43)c2)n1. The molecular weight excluding hydrogens is 540 g/mol. The summed E-state index contributed by atoms with van der Waals surface area (Å²) in [6.45, 7) is 0. The molecule has 0 aliphatic rings. The number of allylic oxidation sites excluding steroid dienone is 3. The van der Waals surface area contributed by atoms with Gasteiger partial charge in [-0.3, -0.25) is 15.4 Å². The summed E-state index contributed by atoms with van der Waals surface area (Å²) in [5.74, 6) is 0. The van der Waals surface area contributed by atoms with E-state index in [1.54, 1.807) is 6.08 Å². The van der Waals surface area contributed by atoms with Gasteiger partial charge in [-0.2, -0.15) is 0 Å². The molecule has 0 aliphatic carbocycles. The summed E-state index contributed by atoms with van der Waals surface area (Å²) in [5.41, 5.74) is 8.20. The standard InChI is InChI=1S/C38H26N6/c39-32(13-5-6-22-43-35-16-3-1-11-28(35)30-18-20-41-25-38(30)43)34-15-8-14-33(42-34)26-9-7-10-27(23-26)44-36-17-4-2-12-29(36)31-24-40-21-19-37(31)44/h1-25,39H/b13-5-,22-6+,39-32?. The fraction of sp³-hybridized carbons (Fsp3) is 0. The van der Waals surface area contributed by atoms with Gasteiger partial charge in [-0.05, 0) is 60.7 Å². The number of hydrogen-bond acceptors (Lipinski definition) is 4. The van der Waals surface area contributed by atoms with Crippen LogP contribution in [-0.2, 0) is 0 Å². The third kappa shape index (κ3) is 4.28. The minimum absolute atomic E-state index is 0.339. The lowest BCUT2D eigenvalue weighted by atomic mass is 10.1. The molecule has 6 nitrogen and oxygen atoms in total. The number of benzene rings is 3. The average molecular weight is 567 g/mol. The van der Waals surface area contributed by atoms with E-state index >= 15 is 0 Å². The van der Waals surface area contributed by atoms with Crippen molar-refractivity contribution < 1.29 is 0 Å². The second kappa shape index (κ2) is 10.6. The Bertz CT molecular complexity index is 2320. The molecule has 6 heteroatoms. The van der Waals surface area contributed by atoms with Crippen molar-refractivity contribution in [1.29, 1.82) is 5.41 Å². The molecule has 208 valence electrons. The topological polar surface area (TPSA) is 72.4 Å². The number of hydrogen-bond donors (Lipinski definition) is 1. The highest BCUT2D eigenvalue weighted by Crippen LogP contribution is 2.32. The maximum atomic E-state index is 8.73. The summed E-state index contributed by atoms with van der Waals surface area (Å²) in [6, 6.07) is 35.0. The van der Waals surface area contributed by atoms with Gasteiger partial charge in [0.05, 0.1) is 45.4 Å². The Balaban J connectivity index is 1.09. The Morgan fingerprint density at radius 1 is 0.614 bits per heavy atom. The van der Waals surface area contributed by atoms with Crippen molar-refractivity contribution in [2.45, 2.75) is 0 Å². The first kappa shape index (κ1) is 25.6.